The van der Waals surface area contributed by atoms with Crippen molar-refractivity contribution >= 4 is 37.8 Å². The number of ether oxygens (including phenoxy) is 1. The van der Waals surface area contributed by atoms with Crippen molar-refractivity contribution in [2.75, 3.05) is 0 Å². The Morgan fingerprint density at radius 2 is 1.95 bits per heavy atom. The smallest absolute Gasteiger partial charge is 0.336 e. The van der Waals surface area contributed by atoms with Crippen LogP contribution in [0.1, 0.15) is 15.9 Å². The quantitative estimate of drug-likeness (QED) is 0.843. The van der Waals surface area contributed by atoms with E-state index in [1.807, 2.05) is 24.3 Å². The van der Waals surface area contributed by atoms with Crippen molar-refractivity contribution in [1.82, 2.24) is 0 Å². The van der Waals surface area contributed by atoms with Crippen LogP contribution in [0.15, 0.2) is 51.4 Å². The highest BCUT2D eigenvalue weighted by Gasteiger charge is 2.08. The molecule has 0 spiro atoms. The minimum atomic E-state index is -0.967. The fourth-order valence-corrected chi connectivity index (χ4v) is 2.53. The van der Waals surface area contributed by atoms with Crippen LogP contribution in [0.3, 0.4) is 0 Å². The molecule has 0 unspecified atom stereocenters. The summed E-state index contributed by atoms with van der Waals surface area (Å²) < 4.78 is 7.12. The molecule has 0 radical (unpaired) electrons. The van der Waals surface area contributed by atoms with Crippen LogP contribution in [0.25, 0.3) is 0 Å². The highest BCUT2D eigenvalue weighted by atomic mass is 79.9. The van der Waals surface area contributed by atoms with Crippen molar-refractivity contribution in [3.63, 3.8) is 0 Å². The summed E-state index contributed by atoms with van der Waals surface area (Å²) >= 11 is 6.61. The number of benzene rings is 2. The van der Waals surface area contributed by atoms with Crippen molar-refractivity contribution in [3.05, 3.63) is 62.5 Å². The normalized spacial score (nSPS) is 10.2. The summed E-state index contributed by atoms with van der Waals surface area (Å²) in [5.74, 6) is -0.345. The van der Waals surface area contributed by atoms with Crippen LogP contribution >= 0.6 is 31.9 Å². The van der Waals surface area contributed by atoms with Gasteiger partial charge in [0, 0.05) is 8.95 Å². The van der Waals surface area contributed by atoms with Crippen LogP contribution in [0, 0.1) is 0 Å². The molecule has 98 valence electrons. The largest absolute Gasteiger partial charge is 0.489 e. The molecule has 0 aliphatic heterocycles. The molecule has 3 nitrogen and oxygen atoms in total. The zero-order chi connectivity index (χ0) is 13.8. The van der Waals surface area contributed by atoms with E-state index in [1.165, 1.54) is 6.07 Å². The highest BCUT2D eigenvalue weighted by molar-refractivity contribution is 9.10. The van der Waals surface area contributed by atoms with E-state index in [0.717, 1.165) is 10.0 Å². The van der Waals surface area contributed by atoms with Crippen LogP contribution in [0.5, 0.6) is 5.75 Å². The SMILES string of the molecule is O=C(O)c1ccc(OCc2cccc(Br)c2)cc1Br. The number of hydrogen-bond acceptors (Lipinski definition) is 2. The van der Waals surface area contributed by atoms with Gasteiger partial charge in [-0.25, -0.2) is 4.79 Å². The van der Waals surface area contributed by atoms with E-state index in [0.29, 0.717) is 16.8 Å². The Morgan fingerprint density at radius 3 is 2.58 bits per heavy atom. The van der Waals surface area contributed by atoms with Gasteiger partial charge in [0.05, 0.1) is 5.56 Å². The highest BCUT2D eigenvalue weighted by Crippen LogP contribution is 2.24. The Bertz CT molecular complexity index is 611. The predicted octanol–water partition coefficient (Wildman–Crippen LogP) is 4.49. The van der Waals surface area contributed by atoms with E-state index in [1.54, 1.807) is 12.1 Å². The molecule has 0 saturated carbocycles. The third-order valence-corrected chi connectivity index (χ3v) is 3.61. The maximum atomic E-state index is 10.9. The number of halogens is 2. The van der Waals surface area contributed by atoms with Crippen LogP contribution in [-0.4, -0.2) is 11.1 Å². The van der Waals surface area contributed by atoms with E-state index >= 15 is 0 Å². The van der Waals surface area contributed by atoms with Crippen molar-refractivity contribution < 1.29 is 14.6 Å². The molecule has 0 atom stereocenters. The van der Waals surface area contributed by atoms with Gasteiger partial charge in [-0.1, -0.05) is 28.1 Å². The molecular weight excluding hydrogens is 376 g/mol. The van der Waals surface area contributed by atoms with Gasteiger partial charge in [-0.05, 0) is 51.8 Å². The summed E-state index contributed by atoms with van der Waals surface area (Å²) in [6, 6.07) is 12.6. The first-order valence-corrected chi connectivity index (χ1v) is 7.05. The van der Waals surface area contributed by atoms with E-state index in [-0.39, 0.29) is 5.56 Å². The number of hydrogen-bond donors (Lipinski definition) is 1. The van der Waals surface area contributed by atoms with E-state index in [4.69, 9.17) is 9.84 Å². The fourth-order valence-electron chi connectivity index (χ4n) is 1.55. The monoisotopic (exact) mass is 384 g/mol. The molecule has 0 aliphatic rings. The lowest BCUT2D eigenvalue weighted by Crippen LogP contribution is -1.99. The van der Waals surface area contributed by atoms with E-state index in [2.05, 4.69) is 31.9 Å². The second-order valence-electron chi connectivity index (χ2n) is 3.87. The molecule has 0 aliphatic carbocycles. The van der Waals surface area contributed by atoms with E-state index in [9.17, 15) is 4.79 Å². The number of rotatable bonds is 4. The van der Waals surface area contributed by atoms with Gasteiger partial charge in [-0.3, -0.25) is 0 Å². The van der Waals surface area contributed by atoms with Gasteiger partial charge in [-0.15, -0.1) is 0 Å². The molecule has 2 aromatic carbocycles. The van der Waals surface area contributed by atoms with Crippen LogP contribution in [0.4, 0.5) is 0 Å². The first-order valence-electron chi connectivity index (χ1n) is 5.46. The average molecular weight is 386 g/mol. The Morgan fingerprint density at radius 1 is 1.16 bits per heavy atom. The van der Waals surface area contributed by atoms with Crippen molar-refractivity contribution in [2.45, 2.75) is 6.61 Å². The zero-order valence-corrected chi connectivity index (χ0v) is 12.9. The number of carbonyl (C=O) groups is 1. The molecule has 0 amide bonds. The first kappa shape index (κ1) is 14.1. The van der Waals surface area contributed by atoms with Gasteiger partial charge in [0.2, 0.25) is 0 Å². The third-order valence-electron chi connectivity index (χ3n) is 2.47. The predicted molar refractivity (Wildman–Crippen MR) is 79.6 cm³/mol. The summed E-state index contributed by atoms with van der Waals surface area (Å²) in [7, 11) is 0. The van der Waals surface area contributed by atoms with Gasteiger partial charge in [0.1, 0.15) is 12.4 Å². The van der Waals surface area contributed by atoms with Gasteiger partial charge in [0.15, 0.2) is 0 Å². The summed E-state index contributed by atoms with van der Waals surface area (Å²) in [6.07, 6.45) is 0. The Hall–Kier alpha value is -1.33. The topological polar surface area (TPSA) is 46.5 Å². The zero-order valence-electron chi connectivity index (χ0n) is 9.77. The number of aromatic carboxylic acids is 1. The second-order valence-corrected chi connectivity index (χ2v) is 5.64. The number of carboxylic acids is 1. The molecule has 5 heteroatoms. The molecule has 19 heavy (non-hydrogen) atoms. The molecule has 0 fully saturated rings. The lowest BCUT2D eigenvalue weighted by atomic mass is 10.2. The standard InChI is InChI=1S/C14H10Br2O3/c15-10-3-1-2-9(6-10)8-19-11-4-5-12(14(17)18)13(16)7-11/h1-7H,8H2,(H,17,18). The Balaban J connectivity index is 2.08. The second kappa shape index (κ2) is 6.21. The molecule has 0 heterocycles. The molecule has 2 aromatic rings. The minimum Gasteiger partial charge on any atom is -0.489 e. The minimum absolute atomic E-state index is 0.217. The van der Waals surface area contributed by atoms with Crippen molar-refractivity contribution in [2.24, 2.45) is 0 Å². The molecule has 2 rings (SSSR count). The lowest BCUT2D eigenvalue weighted by molar-refractivity contribution is 0.0696. The maximum Gasteiger partial charge on any atom is 0.336 e. The Kier molecular flexibility index (Phi) is 4.61. The van der Waals surface area contributed by atoms with Crippen molar-refractivity contribution in [3.8, 4) is 5.75 Å². The average Bonchev–Trinajstić information content (AvgIpc) is 2.36. The van der Waals surface area contributed by atoms with Gasteiger partial charge in [-0.2, -0.15) is 0 Å². The molecular formula is C14H10Br2O3. The van der Waals surface area contributed by atoms with Crippen LogP contribution in [0.2, 0.25) is 0 Å². The van der Waals surface area contributed by atoms with Gasteiger partial charge in [0.25, 0.3) is 0 Å². The van der Waals surface area contributed by atoms with Crippen molar-refractivity contribution in [1.29, 1.82) is 0 Å². The fraction of sp³-hybridized carbons (Fsp3) is 0.0714. The lowest BCUT2D eigenvalue weighted by Gasteiger charge is -2.08. The van der Waals surface area contributed by atoms with E-state index < -0.39 is 5.97 Å². The van der Waals surface area contributed by atoms with Crippen LogP contribution in [-0.2, 0) is 6.61 Å². The van der Waals surface area contributed by atoms with Gasteiger partial charge >= 0.3 is 5.97 Å². The molecule has 1 N–H and O–H groups in total. The first-order chi connectivity index (χ1) is 9.06. The summed E-state index contributed by atoms with van der Waals surface area (Å²) in [5, 5.41) is 8.92. The van der Waals surface area contributed by atoms with Crippen LogP contribution < -0.4 is 4.74 Å². The Labute approximate surface area is 127 Å². The summed E-state index contributed by atoms with van der Waals surface area (Å²) in [5.41, 5.74) is 1.25. The third kappa shape index (κ3) is 3.81. The molecule has 0 saturated heterocycles. The number of carboxylic acid groups (broad SMARTS) is 1. The van der Waals surface area contributed by atoms with Gasteiger partial charge < -0.3 is 9.84 Å². The summed E-state index contributed by atoms with van der Waals surface area (Å²) in [6.45, 7) is 0.429. The molecule has 0 aromatic heterocycles. The summed E-state index contributed by atoms with van der Waals surface area (Å²) in [4.78, 5) is 10.9. The maximum absolute atomic E-state index is 10.9. The molecule has 0 bridgehead atoms.